The molecule has 0 amide bonds. The number of hydrogen-bond donors (Lipinski definition) is 2. The molecule has 2 heterocycles. The van der Waals surface area contributed by atoms with Crippen molar-refractivity contribution in [2.75, 3.05) is 7.11 Å². The molecule has 2 aromatic heterocycles. The number of ether oxygens (including phenoxy) is 1. The summed E-state index contributed by atoms with van der Waals surface area (Å²) in [5, 5.41) is 10.7. The van der Waals surface area contributed by atoms with Gasteiger partial charge in [-0.25, -0.2) is 0 Å². The fourth-order valence-corrected chi connectivity index (χ4v) is 2.47. The van der Waals surface area contributed by atoms with E-state index in [2.05, 4.69) is 44.8 Å². The Bertz CT molecular complexity index is 722. The fourth-order valence-electron chi connectivity index (χ4n) is 2.47. The van der Waals surface area contributed by atoms with E-state index in [0.717, 1.165) is 29.9 Å². The maximum Gasteiger partial charge on any atom is 0.0713 e. The molecule has 0 bridgehead atoms. The molecule has 23 heavy (non-hydrogen) atoms. The van der Waals surface area contributed by atoms with Gasteiger partial charge in [0.2, 0.25) is 0 Å². The summed E-state index contributed by atoms with van der Waals surface area (Å²) in [5.74, 6) is 0. The predicted molar refractivity (Wildman–Crippen MR) is 89.5 cm³/mol. The van der Waals surface area contributed by atoms with Crippen LogP contribution in [0, 0.1) is 0 Å². The van der Waals surface area contributed by atoms with Crippen molar-refractivity contribution in [2.45, 2.75) is 19.7 Å². The van der Waals surface area contributed by atoms with Crippen molar-refractivity contribution in [1.29, 1.82) is 0 Å². The maximum absolute atomic E-state index is 5.12. The largest absolute Gasteiger partial charge is 0.380 e. The summed E-state index contributed by atoms with van der Waals surface area (Å²) in [7, 11) is 1.71. The zero-order chi connectivity index (χ0) is 15.9. The van der Waals surface area contributed by atoms with Crippen LogP contribution in [-0.4, -0.2) is 22.3 Å². The highest BCUT2D eigenvalue weighted by molar-refractivity contribution is 5.61. The minimum Gasteiger partial charge on any atom is -0.380 e. The summed E-state index contributed by atoms with van der Waals surface area (Å²) in [6.45, 7) is 2.21. The van der Waals surface area contributed by atoms with Crippen molar-refractivity contribution in [3.63, 3.8) is 0 Å². The lowest BCUT2D eigenvalue weighted by molar-refractivity contribution is 0.185. The molecule has 0 aliphatic carbocycles. The van der Waals surface area contributed by atoms with Gasteiger partial charge < -0.3 is 10.1 Å². The fraction of sp³-hybridized carbons (Fsp3) is 0.222. The molecule has 0 saturated carbocycles. The second-order valence-corrected chi connectivity index (χ2v) is 5.37. The molecule has 0 atom stereocenters. The van der Waals surface area contributed by atoms with Crippen molar-refractivity contribution in [1.82, 2.24) is 20.5 Å². The summed E-state index contributed by atoms with van der Waals surface area (Å²) < 4.78 is 5.12. The van der Waals surface area contributed by atoms with E-state index < -0.39 is 0 Å². The topological polar surface area (TPSA) is 62.8 Å². The van der Waals surface area contributed by atoms with Crippen LogP contribution in [0.25, 0.3) is 11.3 Å². The highest BCUT2D eigenvalue weighted by Crippen LogP contribution is 2.19. The number of aromatic nitrogens is 3. The number of methoxy groups -OCH3 is 1. The minimum absolute atomic E-state index is 0.650. The van der Waals surface area contributed by atoms with Crippen LogP contribution in [0.1, 0.15) is 16.7 Å². The first-order chi connectivity index (χ1) is 11.4. The number of nitrogens with one attached hydrogen (secondary N) is 2. The molecule has 0 fully saturated rings. The Balaban J connectivity index is 1.58. The molecule has 2 N–H and O–H groups in total. The highest BCUT2D eigenvalue weighted by atomic mass is 16.5. The Morgan fingerprint density at radius 3 is 2.61 bits per heavy atom. The number of rotatable bonds is 7. The van der Waals surface area contributed by atoms with Crippen LogP contribution in [0.2, 0.25) is 0 Å². The van der Waals surface area contributed by atoms with Gasteiger partial charge in [0.25, 0.3) is 0 Å². The van der Waals surface area contributed by atoms with Crippen LogP contribution in [0.4, 0.5) is 0 Å². The van der Waals surface area contributed by atoms with Crippen LogP contribution >= 0.6 is 0 Å². The average Bonchev–Trinajstić information content (AvgIpc) is 3.06. The minimum atomic E-state index is 0.650. The normalized spacial score (nSPS) is 10.8. The number of benzene rings is 1. The summed E-state index contributed by atoms with van der Waals surface area (Å²) in [6.07, 6.45) is 5.47. The van der Waals surface area contributed by atoms with E-state index in [1.54, 1.807) is 13.3 Å². The third-order valence-corrected chi connectivity index (χ3v) is 3.65. The summed E-state index contributed by atoms with van der Waals surface area (Å²) in [5.41, 5.74) is 5.63. The van der Waals surface area contributed by atoms with Gasteiger partial charge in [0, 0.05) is 43.7 Å². The lowest BCUT2D eigenvalue weighted by Gasteiger charge is -2.07. The smallest absolute Gasteiger partial charge is 0.0713 e. The van der Waals surface area contributed by atoms with Gasteiger partial charge in [-0.05, 0) is 23.3 Å². The number of H-pyrrole nitrogens is 1. The molecular formula is C18H20N4O. The van der Waals surface area contributed by atoms with E-state index in [1.807, 2.05) is 24.5 Å². The molecule has 0 radical (unpaired) electrons. The van der Waals surface area contributed by atoms with Crippen LogP contribution < -0.4 is 5.32 Å². The van der Waals surface area contributed by atoms with Crippen molar-refractivity contribution in [2.24, 2.45) is 0 Å². The van der Waals surface area contributed by atoms with E-state index >= 15 is 0 Å². The Hall–Kier alpha value is -2.50. The van der Waals surface area contributed by atoms with Crippen LogP contribution in [-0.2, 0) is 24.4 Å². The molecule has 0 aliphatic heterocycles. The van der Waals surface area contributed by atoms with Gasteiger partial charge in [-0.15, -0.1) is 0 Å². The van der Waals surface area contributed by atoms with Crippen molar-refractivity contribution < 1.29 is 4.74 Å². The average molecular weight is 308 g/mol. The molecule has 5 nitrogen and oxygen atoms in total. The Labute approximate surface area is 135 Å². The zero-order valence-corrected chi connectivity index (χ0v) is 13.1. The first-order valence-electron chi connectivity index (χ1n) is 7.57. The molecule has 118 valence electrons. The van der Waals surface area contributed by atoms with Gasteiger partial charge in [0.15, 0.2) is 0 Å². The lowest BCUT2D eigenvalue weighted by Crippen LogP contribution is -2.12. The standard InChI is InChI=1S/C18H20N4O/c1-23-13-15-6-4-14(5-7-15)9-20-11-17-12-21-22-18(17)16-3-2-8-19-10-16/h2-8,10,12,20H,9,11,13H2,1H3,(H,21,22). The quantitative estimate of drug-likeness (QED) is 0.704. The van der Waals surface area contributed by atoms with E-state index in [0.29, 0.717) is 6.61 Å². The van der Waals surface area contributed by atoms with Crippen LogP contribution in [0.5, 0.6) is 0 Å². The predicted octanol–water partition coefficient (Wildman–Crippen LogP) is 2.91. The highest BCUT2D eigenvalue weighted by Gasteiger charge is 2.07. The third-order valence-electron chi connectivity index (χ3n) is 3.65. The van der Waals surface area contributed by atoms with Gasteiger partial charge in [0.1, 0.15) is 0 Å². The molecular weight excluding hydrogens is 288 g/mol. The van der Waals surface area contributed by atoms with E-state index in [9.17, 15) is 0 Å². The molecule has 0 spiro atoms. The molecule has 0 unspecified atom stereocenters. The first-order valence-corrected chi connectivity index (χ1v) is 7.57. The summed E-state index contributed by atoms with van der Waals surface area (Å²) in [4.78, 5) is 4.15. The van der Waals surface area contributed by atoms with E-state index in [1.165, 1.54) is 11.1 Å². The SMILES string of the molecule is COCc1ccc(CNCc2cn[nH]c2-c2cccnc2)cc1. The summed E-state index contributed by atoms with van der Waals surface area (Å²) in [6, 6.07) is 12.4. The third kappa shape index (κ3) is 4.03. The maximum atomic E-state index is 5.12. The Kier molecular flexibility index (Phi) is 5.13. The van der Waals surface area contributed by atoms with Crippen LogP contribution in [0.15, 0.2) is 55.0 Å². The molecule has 3 aromatic rings. The Morgan fingerprint density at radius 1 is 1.04 bits per heavy atom. The second-order valence-electron chi connectivity index (χ2n) is 5.37. The van der Waals surface area contributed by atoms with E-state index in [4.69, 9.17) is 4.74 Å². The Morgan fingerprint density at radius 2 is 1.87 bits per heavy atom. The lowest BCUT2D eigenvalue weighted by atomic mass is 10.1. The molecule has 0 saturated heterocycles. The van der Waals surface area contributed by atoms with Gasteiger partial charge >= 0.3 is 0 Å². The molecule has 0 aliphatic rings. The van der Waals surface area contributed by atoms with Crippen molar-refractivity contribution in [3.8, 4) is 11.3 Å². The van der Waals surface area contributed by atoms with Gasteiger partial charge in [-0.3, -0.25) is 10.1 Å². The van der Waals surface area contributed by atoms with E-state index in [-0.39, 0.29) is 0 Å². The number of nitrogens with zero attached hydrogens (tertiary/aromatic N) is 2. The monoisotopic (exact) mass is 308 g/mol. The zero-order valence-electron chi connectivity index (χ0n) is 13.1. The van der Waals surface area contributed by atoms with Gasteiger partial charge in [-0.2, -0.15) is 5.10 Å². The number of aromatic amines is 1. The second kappa shape index (κ2) is 7.67. The van der Waals surface area contributed by atoms with Crippen molar-refractivity contribution in [3.05, 3.63) is 71.7 Å². The van der Waals surface area contributed by atoms with Gasteiger partial charge in [0.05, 0.1) is 18.5 Å². The van der Waals surface area contributed by atoms with Crippen LogP contribution in [0.3, 0.4) is 0 Å². The van der Waals surface area contributed by atoms with Gasteiger partial charge in [-0.1, -0.05) is 24.3 Å². The molecule has 1 aromatic carbocycles. The molecule has 3 rings (SSSR count). The summed E-state index contributed by atoms with van der Waals surface area (Å²) >= 11 is 0. The van der Waals surface area contributed by atoms with Crippen molar-refractivity contribution >= 4 is 0 Å². The number of hydrogen-bond acceptors (Lipinski definition) is 4. The number of pyridine rings is 1. The first kappa shape index (κ1) is 15.4. The molecule has 5 heteroatoms.